The summed E-state index contributed by atoms with van der Waals surface area (Å²) >= 11 is 0. The molecule has 1 aliphatic rings. The van der Waals surface area contributed by atoms with Crippen molar-refractivity contribution in [2.75, 3.05) is 19.6 Å². The van der Waals surface area contributed by atoms with Gasteiger partial charge in [-0.05, 0) is 57.7 Å². The molecular formula is C14H27NO2. The molecule has 1 aliphatic heterocycles. The number of aliphatic carboxylic acids is 1. The van der Waals surface area contributed by atoms with E-state index in [1.165, 1.54) is 12.8 Å². The molecule has 1 rings (SSSR count). The molecular weight excluding hydrogens is 214 g/mol. The molecule has 0 bridgehead atoms. The second-order valence-electron chi connectivity index (χ2n) is 5.82. The van der Waals surface area contributed by atoms with Gasteiger partial charge in [-0.15, -0.1) is 0 Å². The zero-order valence-corrected chi connectivity index (χ0v) is 11.5. The van der Waals surface area contributed by atoms with E-state index in [0.29, 0.717) is 0 Å². The van der Waals surface area contributed by atoms with Crippen LogP contribution in [0.5, 0.6) is 0 Å². The summed E-state index contributed by atoms with van der Waals surface area (Å²) in [7, 11) is 0. The van der Waals surface area contributed by atoms with Gasteiger partial charge in [-0.3, -0.25) is 4.79 Å². The SMILES string of the molecule is CCC1(C(=O)O)CCN(CCCC(C)C)CC1. The van der Waals surface area contributed by atoms with Gasteiger partial charge in [-0.1, -0.05) is 20.8 Å². The lowest BCUT2D eigenvalue weighted by Gasteiger charge is -2.38. The van der Waals surface area contributed by atoms with Gasteiger partial charge in [0, 0.05) is 0 Å². The van der Waals surface area contributed by atoms with E-state index in [-0.39, 0.29) is 0 Å². The van der Waals surface area contributed by atoms with Gasteiger partial charge in [0.25, 0.3) is 0 Å². The molecule has 0 aromatic carbocycles. The molecule has 0 aromatic heterocycles. The van der Waals surface area contributed by atoms with E-state index in [4.69, 9.17) is 0 Å². The van der Waals surface area contributed by atoms with Crippen LogP contribution in [0.1, 0.15) is 52.9 Å². The Balaban J connectivity index is 2.32. The van der Waals surface area contributed by atoms with Gasteiger partial charge in [0.15, 0.2) is 0 Å². The van der Waals surface area contributed by atoms with Crippen LogP contribution in [0.2, 0.25) is 0 Å². The van der Waals surface area contributed by atoms with Crippen LogP contribution in [-0.2, 0) is 4.79 Å². The summed E-state index contributed by atoms with van der Waals surface area (Å²) < 4.78 is 0. The van der Waals surface area contributed by atoms with E-state index < -0.39 is 11.4 Å². The maximum Gasteiger partial charge on any atom is 0.309 e. The van der Waals surface area contributed by atoms with Crippen LogP contribution in [0.25, 0.3) is 0 Å². The Morgan fingerprint density at radius 3 is 2.35 bits per heavy atom. The first kappa shape index (κ1) is 14.5. The predicted octanol–water partition coefficient (Wildman–Crippen LogP) is 3.00. The Labute approximate surface area is 105 Å². The Hall–Kier alpha value is -0.570. The number of likely N-dealkylation sites (tertiary alicyclic amines) is 1. The van der Waals surface area contributed by atoms with Crippen LogP contribution in [0.15, 0.2) is 0 Å². The monoisotopic (exact) mass is 241 g/mol. The predicted molar refractivity (Wildman–Crippen MR) is 70.1 cm³/mol. The van der Waals surface area contributed by atoms with Gasteiger partial charge in [-0.25, -0.2) is 0 Å². The quantitative estimate of drug-likeness (QED) is 0.777. The van der Waals surface area contributed by atoms with E-state index in [9.17, 15) is 9.90 Å². The summed E-state index contributed by atoms with van der Waals surface area (Å²) in [5.74, 6) is 0.176. The van der Waals surface area contributed by atoms with Crippen LogP contribution in [-0.4, -0.2) is 35.6 Å². The van der Waals surface area contributed by atoms with Crippen LogP contribution in [0.3, 0.4) is 0 Å². The summed E-state index contributed by atoms with van der Waals surface area (Å²) in [6.07, 6.45) is 4.92. The Bertz CT molecular complexity index is 243. The van der Waals surface area contributed by atoms with E-state index in [0.717, 1.165) is 44.8 Å². The van der Waals surface area contributed by atoms with Gasteiger partial charge in [0.1, 0.15) is 0 Å². The average Bonchev–Trinajstić information content (AvgIpc) is 2.29. The molecule has 1 N–H and O–H groups in total. The summed E-state index contributed by atoms with van der Waals surface area (Å²) in [6, 6.07) is 0. The molecule has 0 saturated carbocycles. The molecule has 0 amide bonds. The van der Waals surface area contributed by atoms with Crippen LogP contribution in [0.4, 0.5) is 0 Å². The molecule has 3 heteroatoms. The molecule has 0 unspecified atom stereocenters. The van der Waals surface area contributed by atoms with Crippen molar-refractivity contribution in [3.05, 3.63) is 0 Å². The Kier molecular flexibility index (Phi) is 5.44. The highest BCUT2D eigenvalue weighted by atomic mass is 16.4. The number of nitrogens with zero attached hydrogens (tertiary/aromatic N) is 1. The highest BCUT2D eigenvalue weighted by Gasteiger charge is 2.39. The first-order valence-corrected chi connectivity index (χ1v) is 6.96. The number of rotatable bonds is 6. The number of carboxylic acid groups (broad SMARTS) is 1. The number of hydrogen-bond donors (Lipinski definition) is 1. The molecule has 1 saturated heterocycles. The summed E-state index contributed by atoms with van der Waals surface area (Å²) in [6.45, 7) is 9.56. The van der Waals surface area contributed by atoms with Crippen molar-refractivity contribution >= 4 is 5.97 Å². The van der Waals surface area contributed by atoms with Gasteiger partial charge in [0.05, 0.1) is 5.41 Å². The van der Waals surface area contributed by atoms with Crippen molar-refractivity contribution in [3.8, 4) is 0 Å². The average molecular weight is 241 g/mol. The third kappa shape index (κ3) is 3.98. The third-order valence-electron chi connectivity index (χ3n) is 4.20. The van der Waals surface area contributed by atoms with Crippen LogP contribution >= 0.6 is 0 Å². The molecule has 100 valence electrons. The minimum Gasteiger partial charge on any atom is -0.481 e. The Morgan fingerprint density at radius 1 is 1.35 bits per heavy atom. The summed E-state index contributed by atoms with van der Waals surface area (Å²) in [5.41, 5.74) is -0.436. The fourth-order valence-electron chi connectivity index (χ4n) is 2.65. The second kappa shape index (κ2) is 6.39. The van der Waals surface area contributed by atoms with Crippen molar-refractivity contribution in [2.45, 2.75) is 52.9 Å². The summed E-state index contributed by atoms with van der Waals surface area (Å²) in [5, 5.41) is 9.31. The molecule has 0 aliphatic carbocycles. The standard InChI is InChI=1S/C14H27NO2/c1-4-14(13(16)17)7-10-15(11-8-14)9-5-6-12(2)3/h12H,4-11H2,1-3H3,(H,16,17). The van der Waals surface area contributed by atoms with Crippen molar-refractivity contribution in [2.24, 2.45) is 11.3 Å². The van der Waals surface area contributed by atoms with Gasteiger partial charge < -0.3 is 10.0 Å². The molecule has 0 spiro atoms. The van der Waals surface area contributed by atoms with Crippen molar-refractivity contribution in [1.29, 1.82) is 0 Å². The van der Waals surface area contributed by atoms with Gasteiger partial charge >= 0.3 is 5.97 Å². The summed E-state index contributed by atoms with van der Waals surface area (Å²) in [4.78, 5) is 13.7. The topological polar surface area (TPSA) is 40.5 Å². The van der Waals surface area contributed by atoms with Crippen molar-refractivity contribution < 1.29 is 9.90 Å². The highest BCUT2D eigenvalue weighted by molar-refractivity contribution is 5.74. The van der Waals surface area contributed by atoms with E-state index in [1.807, 2.05) is 6.92 Å². The largest absolute Gasteiger partial charge is 0.481 e. The smallest absolute Gasteiger partial charge is 0.309 e. The number of hydrogen-bond acceptors (Lipinski definition) is 2. The zero-order valence-electron chi connectivity index (χ0n) is 11.5. The first-order chi connectivity index (χ1) is 8.00. The number of piperidine rings is 1. The molecule has 1 fully saturated rings. The maximum atomic E-state index is 11.3. The Morgan fingerprint density at radius 2 is 1.94 bits per heavy atom. The highest BCUT2D eigenvalue weighted by Crippen LogP contribution is 2.35. The van der Waals surface area contributed by atoms with E-state index >= 15 is 0 Å². The number of carboxylic acids is 1. The normalized spacial score (nSPS) is 20.7. The fourth-order valence-corrected chi connectivity index (χ4v) is 2.65. The van der Waals surface area contributed by atoms with Crippen molar-refractivity contribution in [3.63, 3.8) is 0 Å². The minimum absolute atomic E-state index is 0.436. The lowest BCUT2D eigenvalue weighted by molar-refractivity contribution is -0.152. The third-order valence-corrected chi connectivity index (χ3v) is 4.20. The molecule has 0 atom stereocenters. The van der Waals surface area contributed by atoms with Gasteiger partial charge in [-0.2, -0.15) is 0 Å². The molecule has 0 radical (unpaired) electrons. The van der Waals surface area contributed by atoms with Crippen LogP contribution < -0.4 is 0 Å². The molecule has 17 heavy (non-hydrogen) atoms. The van der Waals surface area contributed by atoms with Crippen molar-refractivity contribution in [1.82, 2.24) is 4.90 Å². The minimum atomic E-state index is -0.596. The molecule has 0 aromatic rings. The molecule has 3 nitrogen and oxygen atoms in total. The maximum absolute atomic E-state index is 11.3. The second-order valence-corrected chi connectivity index (χ2v) is 5.82. The zero-order chi connectivity index (χ0) is 12.9. The number of carbonyl (C=O) groups is 1. The van der Waals surface area contributed by atoms with E-state index in [2.05, 4.69) is 18.7 Å². The lowest BCUT2D eigenvalue weighted by atomic mass is 9.76. The molecule has 1 heterocycles. The van der Waals surface area contributed by atoms with Crippen LogP contribution in [0, 0.1) is 11.3 Å². The first-order valence-electron chi connectivity index (χ1n) is 6.96. The van der Waals surface area contributed by atoms with E-state index in [1.54, 1.807) is 0 Å². The fraction of sp³-hybridized carbons (Fsp3) is 0.929. The lowest BCUT2D eigenvalue weighted by Crippen LogP contribution is -2.44. The van der Waals surface area contributed by atoms with Gasteiger partial charge in [0.2, 0.25) is 0 Å².